The van der Waals surface area contributed by atoms with Gasteiger partial charge in [0.1, 0.15) is 0 Å². The number of hydrogen-bond acceptors (Lipinski definition) is 7. The number of aromatic nitrogens is 2. The van der Waals surface area contributed by atoms with Crippen LogP contribution < -0.4 is 4.90 Å². The van der Waals surface area contributed by atoms with E-state index in [1.54, 1.807) is 34.4 Å². The van der Waals surface area contributed by atoms with E-state index in [0.29, 0.717) is 12.1 Å². The lowest BCUT2D eigenvalue weighted by molar-refractivity contribution is 0.0984. The predicted octanol–water partition coefficient (Wildman–Crippen LogP) is 5.62. The van der Waals surface area contributed by atoms with E-state index in [4.69, 9.17) is 4.98 Å². The van der Waals surface area contributed by atoms with Crippen LogP contribution in [0.4, 0.5) is 5.13 Å². The smallest absolute Gasteiger partial charge is 0.260 e. The van der Waals surface area contributed by atoms with E-state index in [9.17, 15) is 4.79 Å². The Morgan fingerprint density at radius 2 is 1.93 bits per heavy atom. The number of carbonyl (C=O) groups is 1. The zero-order valence-electron chi connectivity index (χ0n) is 17.3. The van der Waals surface area contributed by atoms with Gasteiger partial charge >= 0.3 is 0 Å². The Balaban J connectivity index is 1.72. The maximum Gasteiger partial charge on any atom is 0.260 e. The van der Waals surface area contributed by atoms with Crippen LogP contribution in [0.5, 0.6) is 0 Å². The molecule has 2 heterocycles. The van der Waals surface area contributed by atoms with Crippen LogP contribution in [-0.4, -0.2) is 53.2 Å². The van der Waals surface area contributed by atoms with E-state index in [2.05, 4.69) is 48.2 Å². The molecule has 0 atom stereocenters. The topological polar surface area (TPSA) is 49.3 Å². The Morgan fingerprint density at radius 3 is 2.70 bits per heavy atom. The molecule has 0 saturated carbocycles. The van der Waals surface area contributed by atoms with Gasteiger partial charge < -0.3 is 4.90 Å². The maximum atomic E-state index is 13.6. The molecule has 5 nitrogen and oxygen atoms in total. The number of thiazole rings is 2. The molecule has 30 heavy (non-hydrogen) atoms. The highest BCUT2D eigenvalue weighted by molar-refractivity contribution is 7.98. The van der Waals surface area contributed by atoms with Gasteiger partial charge in [-0.3, -0.25) is 9.69 Å². The molecule has 0 bridgehead atoms. The molecular formula is C22H24N4OS3. The minimum Gasteiger partial charge on any atom is -0.302 e. The molecule has 2 aromatic carbocycles. The zero-order valence-corrected chi connectivity index (χ0v) is 19.7. The number of para-hydroxylation sites is 1. The number of amides is 1. The highest BCUT2D eigenvalue weighted by Gasteiger charge is 2.23. The van der Waals surface area contributed by atoms with Crippen molar-refractivity contribution in [2.45, 2.75) is 18.7 Å². The largest absolute Gasteiger partial charge is 0.302 e. The Bertz CT molecular complexity index is 1170. The summed E-state index contributed by atoms with van der Waals surface area (Å²) in [4.78, 5) is 28.1. The van der Waals surface area contributed by atoms with E-state index in [0.717, 1.165) is 50.1 Å². The maximum absolute atomic E-state index is 13.6. The van der Waals surface area contributed by atoms with Gasteiger partial charge in [-0.05, 0) is 49.7 Å². The molecule has 0 aliphatic heterocycles. The average molecular weight is 457 g/mol. The van der Waals surface area contributed by atoms with E-state index in [1.807, 2.05) is 28.6 Å². The third kappa shape index (κ3) is 4.23. The normalized spacial score (nSPS) is 11.6. The minimum absolute atomic E-state index is 0.0118. The van der Waals surface area contributed by atoms with Crippen LogP contribution in [0.2, 0.25) is 0 Å². The number of hydrogen-bond donors (Lipinski definition) is 0. The van der Waals surface area contributed by atoms with Gasteiger partial charge in [-0.25, -0.2) is 9.97 Å². The second kappa shape index (κ2) is 9.43. The first-order valence-corrected chi connectivity index (χ1v) is 12.9. The molecule has 0 radical (unpaired) electrons. The summed E-state index contributed by atoms with van der Waals surface area (Å²) in [5.74, 6) is -0.0118. The van der Waals surface area contributed by atoms with Gasteiger partial charge in [0.15, 0.2) is 5.13 Å². The van der Waals surface area contributed by atoms with Gasteiger partial charge in [-0.1, -0.05) is 31.3 Å². The van der Waals surface area contributed by atoms with Gasteiger partial charge in [0.05, 0.1) is 25.9 Å². The third-order valence-corrected chi connectivity index (χ3v) is 7.78. The first-order valence-electron chi connectivity index (χ1n) is 9.95. The molecule has 156 valence electrons. The Kier molecular flexibility index (Phi) is 6.67. The van der Waals surface area contributed by atoms with E-state index in [-0.39, 0.29) is 5.91 Å². The van der Waals surface area contributed by atoms with E-state index in [1.165, 1.54) is 0 Å². The van der Waals surface area contributed by atoms with Crippen LogP contribution in [0, 0.1) is 0 Å². The lowest BCUT2D eigenvalue weighted by Gasteiger charge is -2.24. The molecule has 1 amide bonds. The van der Waals surface area contributed by atoms with E-state index < -0.39 is 0 Å². The molecule has 0 aliphatic rings. The number of thioether (sulfide) groups is 1. The molecule has 0 N–H and O–H groups in total. The second-order valence-electron chi connectivity index (χ2n) is 6.82. The van der Waals surface area contributed by atoms with Crippen molar-refractivity contribution in [3.63, 3.8) is 0 Å². The standard InChI is InChI=1S/C22H24N4OS3/c1-4-25(5-2)11-12-26(21(27)15-9-10-16-19(13-15)29-14-23-16)22-24-20-17(28-3)7-6-8-18(20)30-22/h6-10,13-14H,4-5,11-12H2,1-3H3. The zero-order chi connectivity index (χ0) is 21.1. The molecule has 2 aromatic heterocycles. The molecule has 0 aliphatic carbocycles. The lowest BCUT2D eigenvalue weighted by Crippen LogP contribution is -2.38. The van der Waals surface area contributed by atoms with Crippen LogP contribution >= 0.6 is 34.4 Å². The highest BCUT2D eigenvalue weighted by atomic mass is 32.2. The van der Waals surface area contributed by atoms with Gasteiger partial charge in [-0.2, -0.15) is 0 Å². The van der Waals surface area contributed by atoms with Gasteiger partial charge in [0, 0.05) is 23.5 Å². The Hall–Kier alpha value is -2.00. The van der Waals surface area contributed by atoms with Crippen molar-refractivity contribution in [1.29, 1.82) is 0 Å². The van der Waals surface area contributed by atoms with Crippen molar-refractivity contribution in [1.82, 2.24) is 14.9 Å². The highest BCUT2D eigenvalue weighted by Crippen LogP contribution is 2.34. The molecule has 4 aromatic rings. The summed E-state index contributed by atoms with van der Waals surface area (Å²) in [5.41, 5.74) is 4.39. The van der Waals surface area contributed by atoms with Gasteiger partial charge in [-0.15, -0.1) is 23.1 Å². The first kappa shape index (κ1) is 21.2. The number of benzene rings is 2. The summed E-state index contributed by atoms with van der Waals surface area (Å²) in [6.45, 7) is 7.64. The average Bonchev–Trinajstić information content (AvgIpc) is 3.42. The minimum atomic E-state index is -0.0118. The summed E-state index contributed by atoms with van der Waals surface area (Å²) < 4.78 is 2.13. The van der Waals surface area contributed by atoms with Crippen molar-refractivity contribution in [3.8, 4) is 0 Å². The Morgan fingerprint density at radius 1 is 1.10 bits per heavy atom. The monoisotopic (exact) mass is 456 g/mol. The molecule has 0 saturated heterocycles. The first-order chi connectivity index (χ1) is 14.6. The van der Waals surface area contributed by atoms with Crippen LogP contribution in [0.3, 0.4) is 0 Å². The Labute approximate surface area is 188 Å². The number of rotatable bonds is 8. The summed E-state index contributed by atoms with van der Waals surface area (Å²) in [6, 6.07) is 11.9. The number of carbonyl (C=O) groups excluding carboxylic acids is 1. The summed E-state index contributed by atoms with van der Waals surface area (Å²) in [5, 5.41) is 0.757. The second-order valence-corrected chi connectivity index (χ2v) is 9.57. The third-order valence-electron chi connectivity index (χ3n) is 5.18. The van der Waals surface area contributed by atoms with Crippen molar-refractivity contribution >= 4 is 65.9 Å². The van der Waals surface area contributed by atoms with Gasteiger partial charge in [0.2, 0.25) is 0 Å². The fourth-order valence-corrected chi connectivity index (χ4v) is 5.76. The fraction of sp³-hybridized carbons (Fsp3) is 0.318. The number of anilines is 1. The van der Waals surface area contributed by atoms with Gasteiger partial charge in [0.25, 0.3) is 5.91 Å². The summed E-state index contributed by atoms with van der Waals surface area (Å²) in [6.07, 6.45) is 2.06. The summed E-state index contributed by atoms with van der Waals surface area (Å²) >= 11 is 4.82. The fourth-order valence-electron chi connectivity index (χ4n) is 3.40. The van der Waals surface area contributed by atoms with Crippen LogP contribution in [0.25, 0.3) is 20.4 Å². The van der Waals surface area contributed by atoms with Crippen molar-refractivity contribution in [2.24, 2.45) is 0 Å². The lowest BCUT2D eigenvalue weighted by atomic mass is 10.2. The quantitative estimate of drug-likeness (QED) is 0.322. The predicted molar refractivity (Wildman–Crippen MR) is 130 cm³/mol. The van der Waals surface area contributed by atoms with Crippen molar-refractivity contribution < 1.29 is 4.79 Å². The molecule has 0 unspecified atom stereocenters. The number of fused-ring (bicyclic) bond motifs is 2. The number of likely N-dealkylation sites (N-methyl/N-ethyl adjacent to an activating group) is 1. The molecule has 0 spiro atoms. The molecule has 0 fully saturated rings. The van der Waals surface area contributed by atoms with Crippen LogP contribution in [0.1, 0.15) is 24.2 Å². The molecular weight excluding hydrogens is 432 g/mol. The molecule has 8 heteroatoms. The SMILES string of the molecule is CCN(CC)CCN(C(=O)c1ccc2ncsc2c1)c1nc2c(SC)cccc2s1. The van der Waals surface area contributed by atoms with Crippen LogP contribution in [0.15, 0.2) is 46.8 Å². The van der Waals surface area contributed by atoms with E-state index >= 15 is 0 Å². The van der Waals surface area contributed by atoms with Crippen molar-refractivity contribution in [2.75, 3.05) is 37.3 Å². The van der Waals surface area contributed by atoms with Crippen molar-refractivity contribution in [3.05, 3.63) is 47.5 Å². The summed E-state index contributed by atoms with van der Waals surface area (Å²) in [7, 11) is 0. The molecule has 4 rings (SSSR count). The van der Waals surface area contributed by atoms with Crippen LogP contribution in [-0.2, 0) is 0 Å². The number of nitrogens with zero attached hydrogens (tertiary/aromatic N) is 4.